The maximum absolute atomic E-state index is 14.0. The van der Waals surface area contributed by atoms with E-state index in [1.807, 2.05) is 6.07 Å². The summed E-state index contributed by atoms with van der Waals surface area (Å²) in [5.74, 6) is -0.856. The molecule has 0 unspecified atom stereocenters. The summed E-state index contributed by atoms with van der Waals surface area (Å²) < 4.78 is 52.0. The summed E-state index contributed by atoms with van der Waals surface area (Å²) in [6.45, 7) is -0.347. The molecule has 31 heavy (non-hydrogen) atoms. The molecule has 3 rings (SSSR count). The van der Waals surface area contributed by atoms with Gasteiger partial charge in [-0.1, -0.05) is 0 Å². The number of hydrogen-bond acceptors (Lipinski definition) is 5. The lowest BCUT2D eigenvalue weighted by atomic mass is 10.1. The lowest BCUT2D eigenvalue weighted by Gasteiger charge is -2.22. The van der Waals surface area contributed by atoms with E-state index in [-0.39, 0.29) is 41.9 Å². The third-order valence-corrected chi connectivity index (χ3v) is 4.75. The fourth-order valence-electron chi connectivity index (χ4n) is 3.18. The van der Waals surface area contributed by atoms with E-state index >= 15 is 0 Å². The summed E-state index contributed by atoms with van der Waals surface area (Å²) in [5, 5.41) is 20.8. The number of carbonyl (C=O) groups is 2. The van der Waals surface area contributed by atoms with Crippen molar-refractivity contribution in [3.05, 3.63) is 47.4 Å². The highest BCUT2D eigenvalue weighted by Crippen LogP contribution is 2.29. The van der Waals surface area contributed by atoms with Crippen molar-refractivity contribution < 1.29 is 32.3 Å². The zero-order valence-electron chi connectivity index (χ0n) is 15.7. The SMILES string of the molecule is N#Cc1cnc(-c2ccc(C(F)(F)F)nc2)cc1CNC(=O)[C@@H]1[C@@H](F)CCN1C(=O)O. The van der Waals surface area contributed by atoms with Crippen LogP contribution in [0.4, 0.5) is 22.4 Å². The zero-order valence-corrected chi connectivity index (χ0v) is 15.7. The van der Waals surface area contributed by atoms with Crippen molar-refractivity contribution in [1.29, 1.82) is 5.26 Å². The standard InChI is InChI=1S/C19H15F4N5O3/c20-13-3-4-28(18(30)31)16(13)17(29)27-8-11-5-14(25-9-12(11)6-24)10-1-2-15(26-7-10)19(21,22)23/h1-2,5,7,9,13,16H,3-4,8H2,(H,27,29)(H,30,31)/t13-,16-/m0/s1. The number of halogens is 4. The van der Waals surface area contributed by atoms with Gasteiger partial charge in [-0.15, -0.1) is 0 Å². The molecule has 2 aromatic rings. The van der Waals surface area contributed by atoms with Crippen molar-refractivity contribution in [3.8, 4) is 17.3 Å². The molecule has 0 aromatic carbocycles. The van der Waals surface area contributed by atoms with Crippen LogP contribution in [0.15, 0.2) is 30.6 Å². The maximum Gasteiger partial charge on any atom is 0.433 e. The number of pyridine rings is 2. The van der Waals surface area contributed by atoms with E-state index in [0.29, 0.717) is 4.90 Å². The molecule has 2 aromatic heterocycles. The van der Waals surface area contributed by atoms with E-state index in [4.69, 9.17) is 5.11 Å². The van der Waals surface area contributed by atoms with Crippen LogP contribution in [-0.2, 0) is 17.5 Å². The van der Waals surface area contributed by atoms with Crippen LogP contribution in [0.1, 0.15) is 23.2 Å². The molecule has 162 valence electrons. The Hall–Kier alpha value is -3.75. The molecule has 8 nitrogen and oxygen atoms in total. The lowest BCUT2D eigenvalue weighted by Crippen LogP contribution is -2.48. The van der Waals surface area contributed by atoms with Crippen LogP contribution in [0.3, 0.4) is 0 Å². The highest BCUT2D eigenvalue weighted by Gasteiger charge is 2.42. The second-order valence-electron chi connectivity index (χ2n) is 6.71. The Bertz CT molecular complexity index is 1040. The molecule has 1 saturated heterocycles. The van der Waals surface area contributed by atoms with Crippen molar-refractivity contribution in [2.45, 2.75) is 31.4 Å². The average Bonchev–Trinajstić information content (AvgIpc) is 3.13. The first kappa shape index (κ1) is 21.9. The monoisotopic (exact) mass is 437 g/mol. The van der Waals surface area contributed by atoms with E-state index in [0.717, 1.165) is 12.3 Å². The van der Waals surface area contributed by atoms with Gasteiger partial charge < -0.3 is 10.4 Å². The molecule has 12 heteroatoms. The molecule has 0 spiro atoms. The highest BCUT2D eigenvalue weighted by atomic mass is 19.4. The molecule has 2 N–H and O–H groups in total. The Morgan fingerprint density at radius 1 is 1.29 bits per heavy atom. The molecule has 1 aliphatic rings. The summed E-state index contributed by atoms with van der Waals surface area (Å²) in [7, 11) is 0. The Morgan fingerprint density at radius 2 is 2.03 bits per heavy atom. The van der Waals surface area contributed by atoms with Crippen LogP contribution < -0.4 is 5.32 Å². The third-order valence-electron chi connectivity index (χ3n) is 4.75. The minimum absolute atomic E-state index is 0.0854. The van der Waals surface area contributed by atoms with Crippen molar-refractivity contribution >= 4 is 12.0 Å². The van der Waals surface area contributed by atoms with Crippen LogP contribution in [0.25, 0.3) is 11.3 Å². The molecule has 0 bridgehead atoms. The number of nitrogens with one attached hydrogen (secondary N) is 1. The lowest BCUT2D eigenvalue weighted by molar-refractivity contribution is -0.141. The van der Waals surface area contributed by atoms with Crippen molar-refractivity contribution in [2.75, 3.05) is 6.54 Å². The topological polar surface area (TPSA) is 119 Å². The Labute approximate surface area is 173 Å². The fraction of sp³-hybridized carbons (Fsp3) is 0.316. The van der Waals surface area contributed by atoms with Crippen LogP contribution in [0.5, 0.6) is 0 Å². The zero-order chi connectivity index (χ0) is 22.8. The summed E-state index contributed by atoms with van der Waals surface area (Å²) >= 11 is 0. The molecular formula is C19H15F4N5O3. The largest absolute Gasteiger partial charge is 0.465 e. The summed E-state index contributed by atoms with van der Waals surface area (Å²) in [6, 6.07) is 3.73. The normalized spacial score (nSPS) is 18.5. The van der Waals surface area contributed by atoms with Gasteiger partial charge in [0.05, 0.1) is 11.3 Å². The molecular weight excluding hydrogens is 422 g/mol. The number of carbonyl (C=O) groups excluding carboxylic acids is 1. The third kappa shape index (κ3) is 4.71. The van der Waals surface area contributed by atoms with Gasteiger partial charge >= 0.3 is 12.3 Å². The number of nitriles is 1. The summed E-state index contributed by atoms with van der Waals surface area (Å²) in [5.41, 5.74) is -0.251. The predicted molar refractivity (Wildman–Crippen MR) is 97.1 cm³/mol. The van der Waals surface area contributed by atoms with E-state index in [1.165, 1.54) is 18.3 Å². The first-order valence-electron chi connectivity index (χ1n) is 8.96. The van der Waals surface area contributed by atoms with Crippen LogP contribution in [0, 0.1) is 11.3 Å². The van der Waals surface area contributed by atoms with E-state index in [9.17, 15) is 32.4 Å². The van der Waals surface area contributed by atoms with Gasteiger partial charge in [-0.05, 0) is 30.2 Å². The van der Waals surface area contributed by atoms with Gasteiger partial charge in [-0.3, -0.25) is 19.7 Å². The first-order chi connectivity index (χ1) is 14.6. The van der Waals surface area contributed by atoms with Crippen LogP contribution in [0.2, 0.25) is 0 Å². The molecule has 0 saturated carbocycles. The van der Waals surface area contributed by atoms with Gasteiger partial charge in [0.1, 0.15) is 24.0 Å². The van der Waals surface area contributed by atoms with E-state index in [1.54, 1.807) is 0 Å². The number of aromatic nitrogens is 2. The molecule has 2 amide bonds. The van der Waals surface area contributed by atoms with Crippen molar-refractivity contribution in [2.24, 2.45) is 0 Å². The summed E-state index contributed by atoms with van der Waals surface area (Å²) in [6.07, 6.45) is -5.60. The van der Waals surface area contributed by atoms with Crippen molar-refractivity contribution in [3.63, 3.8) is 0 Å². The first-order valence-corrected chi connectivity index (χ1v) is 8.96. The molecule has 2 atom stereocenters. The summed E-state index contributed by atoms with van der Waals surface area (Å²) in [4.78, 5) is 31.6. The molecule has 0 radical (unpaired) electrons. The number of rotatable bonds is 4. The fourth-order valence-corrected chi connectivity index (χ4v) is 3.18. The quantitative estimate of drug-likeness (QED) is 0.710. The number of amides is 2. The van der Waals surface area contributed by atoms with Crippen LogP contribution >= 0.6 is 0 Å². The smallest absolute Gasteiger partial charge is 0.433 e. The van der Waals surface area contributed by atoms with Gasteiger partial charge in [0.25, 0.3) is 0 Å². The van der Waals surface area contributed by atoms with Gasteiger partial charge in [0.2, 0.25) is 5.91 Å². The highest BCUT2D eigenvalue weighted by molar-refractivity contribution is 5.86. The number of nitrogens with zero attached hydrogens (tertiary/aromatic N) is 4. The van der Waals surface area contributed by atoms with Crippen molar-refractivity contribution in [1.82, 2.24) is 20.2 Å². The van der Waals surface area contributed by atoms with Gasteiger partial charge in [-0.25, -0.2) is 9.18 Å². The Kier molecular flexibility index (Phi) is 6.05. The number of alkyl halides is 4. The minimum atomic E-state index is -4.59. The van der Waals surface area contributed by atoms with Gasteiger partial charge in [0, 0.05) is 31.0 Å². The molecule has 3 heterocycles. The van der Waals surface area contributed by atoms with Crippen LogP contribution in [-0.4, -0.2) is 50.7 Å². The second-order valence-corrected chi connectivity index (χ2v) is 6.71. The van der Waals surface area contributed by atoms with Gasteiger partial charge in [-0.2, -0.15) is 18.4 Å². The number of carboxylic acid groups (broad SMARTS) is 1. The van der Waals surface area contributed by atoms with Gasteiger partial charge in [0.15, 0.2) is 0 Å². The molecule has 0 aliphatic carbocycles. The second kappa shape index (κ2) is 8.55. The molecule has 1 aliphatic heterocycles. The Morgan fingerprint density at radius 3 is 2.61 bits per heavy atom. The minimum Gasteiger partial charge on any atom is -0.465 e. The number of hydrogen-bond donors (Lipinski definition) is 2. The number of likely N-dealkylation sites (tertiary alicyclic amines) is 1. The Balaban J connectivity index is 1.79. The van der Waals surface area contributed by atoms with E-state index < -0.39 is 36.1 Å². The predicted octanol–water partition coefficient (Wildman–Crippen LogP) is 2.74. The molecule has 1 fully saturated rings. The maximum atomic E-state index is 14.0. The average molecular weight is 437 g/mol. The van der Waals surface area contributed by atoms with E-state index in [2.05, 4.69) is 15.3 Å².